The van der Waals surface area contributed by atoms with Crippen LogP contribution in [0.3, 0.4) is 0 Å². The summed E-state index contributed by atoms with van der Waals surface area (Å²) in [6.07, 6.45) is 11.7. The van der Waals surface area contributed by atoms with Crippen LogP contribution in [-0.4, -0.2) is 29.8 Å². The van der Waals surface area contributed by atoms with Crippen molar-refractivity contribution in [2.24, 2.45) is 11.8 Å². The smallest absolute Gasteiger partial charge is 0.218 e. The van der Waals surface area contributed by atoms with Crippen molar-refractivity contribution in [1.29, 1.82) is 0 Å². The molecule has 0 amide bonds. The van der Waals surface area contributed by atoms with Gasteiger partial charge in [0.15, 0.2) is 8.32 Å². The summed E-state index contributed by atoms with van der Waals surface area (Å²) < 4.78 is 12.4. The number of fused-ring (bicyclic) bond motifs is 1. The van der Waals surface area contributed by atoms with Crippen LogP contribution in [0.15, 0.2) is 0 Å². The summed E-state index contributed by atoms with van der Waals surface area (Å²) in [6, 6.07) is 1.33. The zero-order valence-electron chi connectivity index (χ0n) is 15.0. The lowest BCUT2D eigenvalue weighted by atomic mass is 9.77. The third-order valence-electron chi connectivity index (χ3n) is 6.29. The Bertz CT molecular complexity index is 381. The van der Waals surface area contributed by atoms with Gasteiger partial charge < -0.3 is 8.85 Å². The molecule has 1 saturated heterocycles. The monoisotopic (exact) mass is 338 g/mol. The Hall–Kier alpha value is 0.354. The van der Waals surface area contributed by atoms with Crippen LogP contribution >= 0.6 is 0 Å². The molecule has 0 aromatic rings. The van der Waals surface area contributed by atoms with Crippen LogP contribution in [-0.2, 0) is 8.85 Å². The molecule has 126 valence electrons. The molecule has 4 heteroatoms. The zero-order chi connectivity index (χ0) is 15.8. The molecule has 1 heterocycles. The van der Waals surface area contributed by atoms with Gasteiger partial charge in [-0.1, -0.05) is 39.0 Å². The highest BCUT2D eigenvalue weighted by atomic mass is 28.4. The third-order valence-corrected chi connectivity index (χ3v) is 11.5. The quantitative estimate of drug-likeness (QED) is 0.492. The average Bonchev–Trinajstić information content (AvgIpc) is 3.16. The standard InChI is InChI=1S/C18H34O2Si2/c1-14(15-10-11-18(2)17(12-15)19-18)13-22(3,4)20-21-16-8-6-5-7-9-16/h14-17H,5-13H2,1-4H3. The van der Waals surface area contributed by atoms with E-state index in [1.807, 2.05) is 0 Å². The molecule has 4 unspecified atom stereocenters. The highest BCUT2D eigenvalue weighted by Gasteiger charge is 2.55. The number of hydrogen-bond donors (Lipinski definition) is 0. The van der Waals surface area contributed by atoms with Gasteiger partial charge in [-0.05, 0) is 62.7 Å². The molecule has 2 nitrogen and oxygen atoms in total. The van der Waals surface area contributed by atoms with Gasteiger partial charge in [-0.25, -0.2) is 0 Å². The van der Waals surface area contributed by atoms with Crippen LogP contribution in [0, 0.1) is 11.8 Å². The van der Waals surface area contributed by atoms with Crippen molar-refractivity contribution in [3.05, 3.63) is 0 Å². The fourth-order valence-electron chi connectivity index (χ4n) is 4.64. The number of rotatable bonds is 6. The van der Waals surface area contributed by atoms with Crippen LogP contribution in [0.1, 0.15) is 65.2 Å². The Morgan fingerprint density at radius 3 is 2.64 bits per heavy atom. The van der Waals surface area contributed by atoms with E-state index in [1.54, 1.807) is 0 Å². The molecule has 4 atom stereocenters. The van der Waals surface area contributed by atoms with Crippen molar-refractivity contribution in [2.75, 3.05) is 0 Å². The van der Waals surface area contributed by atoms with Crippen molar-refractivity contribution >= 4 is 18.1 Å². The van der Waals surface area contributed by atoms with Gasteiger partial charge in [-0.15, -0.1) is 0 Å². The summed E-state index contributed by atoms with van der Waals surface area (Å²) in [5.74, 6) is 1.68. The normalized spacial score (nSPS) is 37.6. The maximum absolute atomic E-state index is 6.52. The van der Waals surface area contributed by atoms with E-state index in [1.165, 1.54) is 57.4 Å². The molecule has 0 aromatic carbocycles. The average molecular weight is 339 g/mol. The molecule has 3 aliphatic rings. The highest BCUT2D eigenvalue weighted by Crippen LogP contribution is 2.51. The van der Waals surface area contributed by atoms with Crippen molar-refractivity contribution in [3.8, 4) is 0 Å². The fourth-order valence-corrected chi connectivity index (χ4v) is 9.44. The molecule has 0 spiro atoms. The Balaban J connectivity index is 1.42. The van der Waals surface area contributed by atoms with Gasteiger partial charge in [0.1, 0.15) is 0 Å². The first-order valence-electron chi connectivity index (χ1n) is 9.49. The molecule has 2 saturated carbocycles. The summed E-state index contributed by atoms with van der Waals surface area (Å²) >= 11 is 0. The molecule has 22 heavy (non-hydrogen) atoms. The summed E-state index contributed by atoms with van der Waals surface area (Å²) in [5.41, 5.74) is 1.15. The van der Waals surface area contributed by atoms with E-state index >= 15 is 0 Å². The first kappa shape index (κ1) is 17.2. The van der Waals surface area contributed by atoms with Crippen molar-refractivity contribution in [1.82, 2.24) is 0 Å². The fraction of sp³-hybridized carbons (Fsp3) is 1.00. The molecule has 2 radical (unpaired) electrons. The summed E-state index contributed by atoms with van der Waals surface area (Å²) in [7, 11) is -0.713. The lowest BCUT2D eigenvalue weighted by Crippen LogP contribution is -2.37. The van der Waals surface area contributed by atoms with Gasteiger partial charge >= 0.3 is 0 Å². The first-order chi connectivity index (χ1) is 10.4. The third kappa shape index (κ3) is 4.25. The van der Waals surface area contributed by atoms with E-state index in [0.717, 1.165) is 27.1 Å². The Morgan fingerprint density at radius 1 is 1.23 bits per heavy atom. The maximum atomic E-state index is 6.52. The van der Waals surface area contributed by atoms with Crippen LogP contribution in [0.5, 0.6) is 0 Å². The van der Waals surface area contributed by atoms with Gasteiger partial charge in [0.2, 0.25) is 9.76 Å². The van der Waals surface area contributed by atoms with Crippen LogP contribution < -0.4 is 0 Å². The van der Waals surface area contributed by atoms with Gasteiger partial charge in [0.05, 0.1) is 11.7 Å². The molecule has 1 aliphatic heterocycles. The Kier molecular flexibility index (Phi) is 5.23. The second-order valence-corrected chi connectivity index (χ2v) is 14.7. The number of ether oxygens (including phenoxy) is 1. The topological polar surface area (TPSA) is 21.8 Å². The van der Waals surface area contributed by atoms with Gasteiger partial charge in [-0.2, -0.15) is 0 Å². The van der Waals surface area contributed by atoms with Crippen LogP contribution in [0.2, 0.25) is 24.7 Å². The van der Waals surface area contributed by atoms with E-state index in [0.29, 0.717) is 6.10 Å². The molecule has 0 bridgehead atoms. The molecule has 3 rings (SSSR count). The summed E-state index contributed by atoms with van der Waals surface area (Å²) in [4.78, 5) is 0. The second-order valence-electron chi connectivity index (χ2n) is 8.95. The van der Waals surface area contributed by atoms with Crippen molar-refractivity contribution in [2.45, 2.75) is 102 Å². The number of hydrogen-bond acceptors (Lipinski definition) is 2. The lowest BCUT2D eigenvalue weighted by Gasteiger charge is -2.34. The van der Waals surface area contributed by atoms with E-state index < -0.39 is 8.32 Å². The van der Waals surface area contributed by atoms with E-state index in [4.69, 9.17) is 8.85 Å². The molecule has 0 aromatic heterocycles. The van der Waals surface area contributed by atoms with E-state index in [2.05, 4.69) is 26.9 Å². The Morgan fingerprint density at radius 2 is 1.95 bits per heavy atom. The van der Waals surface area contributed by atoms with Gasteiger partial charge in [-0.3, -0.25) is 0 Å². The van der Waals surface area contributed by atoms with Crippen LogP contribution in [0.4, 0.5) is 0 Å². The van der Waals surface area contributed by atoms with Crippen molar-refractivity contribution in [3.63, 3.8) is 0 Å². The van der Waals surface area contributed by atoms with Gasteiger partial charge in [0.25, 0.3) is 0 Å². The largest absolute Gasteiger partial charge is 0.456 e. The lowest BCUT2D eigenvalue weighted by molar-refractivity contribution is 0.271. The molecule has 3 fully saturated rings. The maximum Gasteiger partial charge on any atom is 0.218 e. The summed E-state index contributed by atoms with van der Waals surface area (Å²) in [5, 5.41) is 0. The minimum atomic E-state index is -1.49. The molecular formula is C18H34O2Si2. The van der Waals surface area contributed by atoms with E-state index in [9.17, 15) is 0 Å². The predicted octanol–water partition coefficient (Wildman–Crippen LogP) is 5.17. The first-order valence-corrected chi connectivity index (χ1v) is 13.6. The second kappa shape index (κ2) is 6.69. The van der Waals surface area contributed by atoms with Crippen LogP contribution in [0.25, 0.3) is 0 Å². The van der Waals surface area contributed by atoms with E-state index in [-0.39, 0.29) is 5.60 Å². The molecular weight excluding hydrogens is 304 g/mol. The highest BCUT2D eigenvalue weighted by molar-refractivity contribution is 6.75. The van der Waals surface area contributed by atoms with Crippen molar-refractivity contribution < 1.29 is 8.85 Å². The summed E-state index contributed by atoms with van der Waals surface area (Å²) in [6.45, 7) is 9.66. The van der Waals surface area contributed by atoms with Gasteiger partial charge in [0, 0.05) is 0 Å². The minimum absolute atomic E-state index is 0.266. The predicted molar refractivity (Wildman–Crippen MR) is 95.7 cm³/mol. The minimum Gasteiger partial charge on any atom is -0.456 e. The zero-order valence-corrected chi connectivity index (χ0v) is 17.0. The Labute approximate surface area is 140 Å². The molecule has 2 aliphatic carbocycles. The molecule has 0 N–H and O–H groups in total. The number of epoxide rings is 1. The SMILES string of the molecule is CC(C[Si](C)(C)O[Si]C1CCCCC1)C1CCC2(C)OC2C1.